The summed E-state index contributed by atoms with van der Waals surface area (Å²) in [6, 6.07) is 8.11. The van der Waals surface area contributed by atoms with E-state index in [-0.39, 0.29) is 12.5 Å². The number of hydrogen-bond donors (Lipinski definition) is 1. The second-order valence-electron chi connectivity index (χ2n) is 7.08. The van der Waals surface area contributed by atoms with Crippen LogP contribution in [0.5, 0.6) is 23.0 Å². The molecule has 2 aliphatic heterocycles. The van der Waals surface area contributed by atoms with E-state index in [0.717, 1.165) is 36.6 Å². The first-order chi connectivity index (χ1) is 13.1. The van der Waals surface area contributed by atoms with Gasteiger partial charge in [0.2, 0.25) is 6.79 Å². The third kappa shape index (κ3) is 3.38. The molecule has 1 N–H and O–H groups in total. The molecule has 2 heterocycles. The van der Waals surface area contributed by atoms with Crippen LogP contribution in [0.4, 0.5) is 5.69 Å². The molecule has 5 nitrogen and oxygen atoms in total. The molecule has 0 bridgehead atoms. The molecule has 0 saturated heterocycles. The Kier molecular flexibility index (Phi) is 5.00. The molecular formula is C21H25NO4S. The molecular weight excluding hydrogens is 362 g/mol. The molecule has 0 spiro atoms. The first-order valence-electron chi connectivity index (χ1n) is 9.13. The summed E-state index contributed by atoms with van der Waals surface area (Å²) in [5, 5.41) is 10.4. The topological polar surface area (TPSA) is 51.2 Å². The summed E-state index contributed by atoms with van der Waals surface area (Å²) in [6.45, 7) is 1.16. The highest BCUT2D eigenvalue weighted by Crippen LogP contribution is 2.43. The lowest BCUT2D eigenvalue weighted by Crippen LogP contribution is -2.21. The quantitative estimate of drug-likeness (QED) is 0.864. The predicted molar refractivity (Wildman–Crippen MR) is 109 cm³/mol. The van der Waals surface area contributed by atoms with Crippen LogP contribution in [-0.2, 0) is 12.8 Å². The van der Waals surface area contributed by atoms with Crippen molar-refractivity contribution < 1.29 is 19.3 Å². The van der Waals surface area contributed by atoms with E-state index in [1.807, 2.05) is 23.9 Å². The highest BCUT2D eigenvalue weighted by atomic mass is 32.2. The van der Waals surface area contributed by atoms with Gasteiger partial charge >= 0.3 is 0 Å². The van der Waals surface area contributed by atoms with Gasteiger partial charge in [0.05, 0.1) is 7.11 Å². The van der Waals surface area contributed by atoms with E-state index >= 15 is 0 Å². The van der Waals surface area contributed by atoms with Crippen molar-refractivity contribution in [2.24, 2.45) is 0 Å². The van der Waals surface area contributed by atoms with Gasteiger partial charge in [-0.05, 0) is 59.9 Å². The monoisotopic (exact) mass is 387 g/mol. The maximum absolute atomic E-state index is 10.4. The molecule has 1 atom stereocenters. The highest BCUT2D eigenvalue weighted by molar-refractivity contribution is 7.98. The lowest BCUT2D eigenvalue weighted by molar-refractivity contribution is 0.174. The number of rotatable bonds is 3. The molecule has 0 unspecified atom stereocenters. The zero-order chi connectivity index (χ0) is 19.0. The maximum atomic E-state index is 10.4. The Morgan fingerprint density at radius 2 is 1.96 bits per heavy atom. The summed E-state index contributed by atoms with van der Waals surface area (Å²) >= 11 is 1.83. The Balaban J connectivity index is 1.82. The number of thioether (sulfide) groups is 1. The number of methoxy groups -OCH3 is 1. The number of hydrogen-bond acceptors (Lipinski definition) is 6. The Morgan fingerprint density at radius 3 is 2.70 bits per heavy atom. The molecule has 144 valence electrons. The lowest BCUT2D eigenvalue weighted by atomic mass is 9.88. The van der Waals surface area contributed by atoms with Gasteiger partial charge in [-0.25, -0.2) is 0 Å². The Hall–Kier alpha value is -2.21. The zero-order valence-corrected chi connectivity index (χ0v) is 16.8. The second kappa shape index (κ2) is 7.43. The standard InChI is InChI=1S/C21H25NO4S/c1-22-5-4-13-7-19(24-2)18(23)9-16(13)15(11-27-3)6-14-8-20-21(10-17(14)22)26-12-25-20/h7-10,15,23H,4-6,11-12H2,1-3H3/t15-/m1/s1. The van der Waals surface area contributed by atoms with Gasteiger partial charge in [0.15, 0.2) is 23.0 Å². The smallest absolute Gasteiger partial charge is 0.231 e. The van der Waals surface area contributed by atoms with Crippen LogP contribution in [0.15, 0.2) is 24.3 Å². The van der Waals surface area contributed by atoms with E-state index in [1.165, 1.54) is 22.4 Å². The Labute approximate surface area is 164 Å². The van der Waals surface area contributed by atoms with E-state index < -0.39 is 0 Å². The summed E-state index contributed by atoms with van der Waals surface area (Å²) < 4.78 is 16.6. The molecule has 2 aromatic rings. The van der Waals surface area contributed by atoms with Gasteiger partial charge in [0.25, 0.3) is 0 Å². The zero-order valence-electron chi connectivity index (χ0n) is 15.9. The molecule has 0 fully saturated rings. The average molecular weight is 388 g/mol. The van der Waals surface area contributed by atoms with Crippen LogP contribution in [0.25, 0.3) is 0 Å². The minimum atomic E-state index is 0.209. The highest BCUT2D eigenvalue weighted by Gasteiger charge is 2.26. The summed E-state index contributed by atoms with van der Waals surface area (Å²) in [7, 11) is 3.72. The summed E-state index contributed by atoms with van der Waals surface area (Å²) in [5.74, 6) is 3.67. The number of ether oxygens (including phenoxy) is 3. The molecule has 4 rings (SSSR count). The molecule has 0 radical (unpaired) electrons. The van der Waals surface area contributed by atoms with Gasteiger partial charge in [-0.2, -0.15) is 11.8 Å². The maximum Gasteiger partial charge on any atom is 0.231 e. The van der Waals surface area contributed by atoms with Crippen molar-refractivity contribution in [1.29, 1.82) is 0 Å². The van der Waals surface area contributed by atoms with Crippen LogP contribution in [0.2, 0.25) is 0 Å². The van der Waals surface area contributed by atoms with Gasteiger partial charge in [0.1, 0.15) is 0 Å². The predicted octanol–water partition coefficient (Wildman–Crippen LogP) is 3.81. The number of likely N-dealkylation sites (N-methyl/N-ethyl adjacent to an activating group) is 1. The molecule has 0 amide bonds. The van der Waals surface area contributed by atoms with Crippen LogP contribution in [-0.4, -0.2) is 44.6 Å². The molecule has 27 heavy (non-hydrogen) atoms. The fourth-order valence-corrected chi connectivity index (χ4v) is 4.71. The van der Waals surface area contributed by atoms with Crippen LogP contribution in [0.3, 0.4) is 0 Å². The number of anilines is 1. The molecule has 0 aliphatic carbocycles. The van der Waals surface area contributed by atoms with Gasteiger partial charge in [-0.1, -0.05) is 0 Å². The van der Waals surface area contributed by atoms with E-state index in [0.29, 0.717) is 11.7 Å². The van der Waals surface area contributed by atoms with Crippen LogP contribution in [0.1, 0.15) is 22.6 Å². The Morgan fingerprint density at radius 1 is 1.19 bits per heavy atom. The van der Waals surface area contributed by atoms with Crippen molar-refractivity contribution >= 4 is 17.4 Å². The SMILES string of the molecule is COc1cc2c(cc1O)[C@@H](CSC)Cc1cc3c(cc1N(C)CC2)OCO3. The number of benzene rings is 2. The van der Waals surface area contributed by atoms with Crippen molar-refractivity contribution in [2.75, 3.05) is 44.4 Å². The second-order valence-corrected chi connectivity index (χ2v) is 8.00. The number of fused-ring (bicyclic) bond motifs is 3. The van der Waals surface area contributed by atoms with Crippen molar-refractivity contribution in [3.05, 3.63) is 41.0 Å². The summed E-state index contributed by atoms with van der Waals surface area (Å²) in [5.41, 5.74) is 4.89. The summed E-state index contributed by atoms with van der Waals surface area (Å²) in [6.07, 6.45) is 3.90. The number of phenols is 1. The normalized spacial score (nSPS) is 18.2. The van der Waals surface area contributed by atoms with E-state index in [1.54, 1.807) is 7.11 Å². The number of aromatic hydroxyl groups is 1. The first-order valence-corrected chi connectivity index (χ1v) is 10.5. The van der Waals surface area contributed by atoms with E-state index in [2.05, 4.69) is 30.3 Å². The molecule has 0 saturated carbocycles. The van der Waals surface area contributed by atoms with Crippen molar-refractivity contribution in [3.8, 4) is 23.0 Å². The van der Waals surface area contributed by atoms with E-state index in [4.69, 9.17) is 14.2 Å². The largest absolute Gasteiger partial charge is 0.504 e. The third-order valence-corrected chi connectivity index (χ3v) is 6.15. The first kappa shape index (κ1) is 18.2. The Bertz CT molecular complexity index is 855. The van der Waals surface area contributed by atoms with Crippen molar-refractivity contribution in [3.63, 3.8) is 0 Å². The fourth-order valence-electron chi connectivity index (χ4n) is 4.01. The minimum absolute atomic E-state index is 0.209. The van der Waals surface area contributed by atoms with Gasteiger partial charge < -0.3 is 24.2 Å². The number of nitrogens with zero attached hydrogens (tertiary/aromatic N) is 1. The summed E-state index contributed by atoms with van der Waals surface area (Å²) in [4.78, 5) is 2.28. The van der Waals surface area contributed by atoms with Crippen LogP contribution < -0.4 is 19.1 Å². The molecule has 2 aliphatic rings. The van der Waals surface area contributed by atoms with Crippen molar-refractivity contribution in [1.82, 2.24) is 0 Å². The molecule has 0 aromatic heterocycles. The van der Waals surface area contributed by atoms with Crippen molar-refractivity contribution in [2.45, 2.75) is 18.8 Å². The molecule has 6 heteroatoms. The van der Waals surface area contributed by atoms with Gasteiger partial charge in [-0.3, -0.25) is 0 Å². The van der Waals surface area contributed by atoms with Crippen LogP contribution in [0, 0.1) is 0 Å². The van der Waals surface area contributed by atoms with E-state index in [9.17, 15) is 5.11 Å². The fraction of sp³-hybridized carbons (Fsp3) is 0.429. The van der Waals surface area contributed by atoms with Crippen LogP contribution >= 0.6 is 11.8 Å². The number of phenolic OH excluding ortho intramolecular Hbond substituents is 1. The molecule has 2 aromatic carbocycles. The third-order valence-electron chi connectivity index (χ3n) is 5.42. The lowest BCUT2D eigenvalue weighted by Gasteiger charge is -2.23. The van der Waals surface area contributed by atoms with Gasteiger partial charge in [-0.15, -0.1) is 0 Å². The minimum Gasteiger partial charge on any atom is -0.504 e. The average Bonchev–Trinajstić information content (AvgIpc) is 3.13. The van der Waals surface area contributed by atoms with Gasteiger partial charge in [0, 0.05) is 31.1 Å².